The fraction of sp³-hybridized carbons (Fsp3) is 0. The number of nitrogens with zero attached hydrogens (tertiary/aromatic N) is 3. The minimum atomic E-state index is 0.847. The standard InChI is InChI=1S/C47H31N3O/c1-2-13-35(14-3-1)49(36-25-23-32(24-26-36)39-19-10-20-42-43-31-48-28-27-46(43)51-47(39)42)37-15-8-11-33(29-37)34-12-9-16-38(30-34)50-44-21-6-4-17-40(44)41-18-5-7-22-45(41)50/h1-31H. The molecule has 7 aromatic carbocycles. The van der Waals surface area contributed by atoms with Gasteiger partial charge in [0.2, 0.25) is 0 Å². The molecular weight excluding hydrogens is 623 g/mol. The molecule has 0 saturated heterocycles. The van der Waals surface area contributed by atoms with Crippen molar-refractivity contribution in [2.45, 2.75) is 0 Å². The van der Waals surface area contributed by atoms with Crippen LogP contribution in [0.3, 0.4) is 0 Å². The largest absolute Gasteiger partial charge is 0.455 e. The summed E-state index contributed by atoms with van der Waals surface area (Å²) < 4.78 is 8.71. The first-order chi connectivity index (χ1) is 25.3. The summed E-state index contributed by atoms with van der Waals surface area (Å²) in [6.07, 6.45) is 3.65. The molecule has 0 atom stereocenters. The van der Waals surface area contributed by atoms with Crippen LogP contribution in [0.5, 0.6) is 0 Å². The lowest BCUT2D eigenvalue weighted by Gasteiger charge is -2.26. The molecule has 3 heterocycles. The quantitative estimate of drug-likeness (QED) is 0.179. The monoisotopic (exact) mass is 653 g/mol. The van der Waals surface area contributed by atoms with E-state index in [4.69, 9.17) is 4.42 Å². The molecule has 0 aliphatic carbocycles. The van der Waals surface area contributed by atoms with E-state index in [9.17, 15) is 0 Å². The van der Waals surface area contributed by atoms with Crippen molar-refractivity contribution in [2.24, 2.45) is 0 Å². The van der Waals surface area contributed by atoms with Crippen molar-refractivity contribution >= 4 is 60.8 Å². The summed E-state index contributed by atoms with van der Waals surface area (Å²) in [6.45, 7) is 0. The number of anilines is 3. The van der Waals surface area contributed by atoms with Gasteiger partial charge < -0.3 is 13.9 Å². The van der Waals surface area contributed by atoms with Gasteiger partial charge in [-0.05, 0) is 83.4 Å². The number of rotatable bonds is 6. The Labute approximate surface area is 295 Å². The van der Waals surface area contributed by atoms with E-state index in [-0.39, 0.29) is 0 Å². The minimum absolute atomic E-state index is 0.847. The molecule has 0 radical (unpaired) electrons. The Balaban J connectivity index is 1.05. The predicted octanol–water partition coefficient (Wildman–Crippen LogP) is 12.9. The number of hydrogen-bond acceptors (Lipinski definition) is 3. The number of hydrogen-bond donors (Lipinski definition) is 0. The van der Waals surface area contributed by atoms with Crippen LogP contribution in [0.2, 0.25) is 0 Å². The zero-order valence-corrected chi connectivity index (χ0v) is 27.6. The first kappa shape index (κ1) is 29.0. The number of fused-ring (bicyclic) bond motifs is 6. The van der Waals surface area contributed by atoms with Crippen molar-refractivity contribution in [2.75, 3.05) is 4.90 Å². The average Bonchev–Trinajstić information content (AvgIpc) is 3.75. The smallest absolute Gasteiger partial charge is 0.143 e. The summed E-state index contributed by atoms with van der Waals surface area (Å²) in [5.74, 6) is 0. The van der Waals surface area contributed by atoms with Crippen LogP contribution in [0, 0.1) is 0 Å². The number of furan rings is 1. The van der Waals surface area contributed by atoms with Crippen molar-refractivity contribution in [1.82, 2.24) is 9.55 Å². The highest BCUT2D eigenvalue weighted by Crippen LogP contribution is 2.40. The zero-order chi connectivity index (χ0) is 33.7. The molecule has 0 bridgehead atoms. The fourth-order valence-electron chi connectivity index (χ4n) is 7.53. The molecule has 240 valence electrons. The van der Waals surface area contributed by atoms with E-state index in [1.54, 1.807) is 6.20 Å². The van der Waals surface area contributed by atoms with E-state index < -0.39 is 0 Å². The van der Waals surface area contributed by atoms with Crippen LogP contribution in [-0.4, -0.2) is 9.55 Å². The Morgan fingerprint density at radius 3 is 1.86 bits per heavy atom. The predicted molar refractivity (Wildman–Crippen MR) is 211 cm³/mol. The third-order valence-corrected chi connectivity index (χ3v) is 9.87. The molecule has 51 heavy (non-hydrogen) atoms. The maximum Gasteiger partial charge on any atom is 0.143 e. The van der Waals surface area contributed by atoms with Gasteiger partial charge in [0.25, 0.3) is 0 Å². The Hall–Kier alpha value is -6.91. The van der Waals surface area contributed by atoms with Gasteiger partial charge in [-0.15, -0.1) is 0 Å². The van der Waals surface area contributed by atoms with Crippen LogP contribution >= 0.6 is 0 Å². The third kappa shape index (κ3) is 4.88. The van der Waals surface area contributed by atoms with E-state index >= 15 is 0 Å². The van der Waals surface area contributed by atoms with Crippen molar-refractivity contribution in [1.29, 1.82) is 0 Å². The third-order valence-electron chi connectivity index (χ3n) is 9.87. The van der Waals surface area contributed by atoms with Crippen molar-refractivity contribution < 1.29 is 4.42 Å². The van der Waals surface area contributed by atoms with Crippen LogP contribution in [0.25, 0.3) is 71.7 Å². The molecule has 4 nitrogen and oxygen atoms in total. The van der Waals surface area contributed by atoms with Gasteiger partial charge in [0.05, 0.1) is 11.0 Å². The SMILES string of the molecule is c1ccc(N(c2ccc(-c3cccc4c3oc3ccncc34)cc2)c2cccc(-c3cccc(-n4c5ccccc5c5ccccc54)c3)c2)cc1. The second-order valence-corrected chi connectivity index (χ2v) is 12.8. The van der Waals surface area contributed by atoms with Gasteiger partial charge in [0, 0.05) is 62.3 Å². The molecule has 4 heteroatoms. The van der Waals surface area contributed by atoms with E-state index in [1.807, 2.05) is 12.3 Å². The molecule has 3 aromatic heterocycles. The first-order valence-corrected chi connectivity index (χ1v) is 17.2. The highest BCUT2D eigenvalue weighted by Gasteiger charge is 2.17. The summed E-state index contributed by atoms with van der Waals surface area (Å²) in [5.41, 5.74) is 13.0. The van der Waals surface area contributed by atoms with Crippen molar-refractivity contribution in [3.63, 3.8) is 0 Å². The molecule has 0 amide bonds. The molecule has 10 aromatic rings. The highest BCUT2D eigenvalue weighted by atomic mass is 16.3. The molecule has 0 unspecified atom stereocenters. The minimum Gasteiger partial charge on any atom is -0.455 e. The van der Waals surface area contributed by atoms with Crippen molar-refractivity contribution in [3.8, 4) is 27.9 Å². The Morgan fingerprint density at radius 1 is 0.451 bits per heavy atom. The van der Waals surface area contributed by atoms with Gasteiger partial charge in [-0.25, -0.2) is 0 Å². The molecule has 0 aliphatic heterocycles. The maximum absolute atomic E-state index is 6.33. The summed E-state index contributed by atoms with van der Waals surface area (Å²) in [5, 5.41) is 4.62. The summed E-state index contributed by atoms with van der Waals surface area (Å²) in [7, 11) is 0. The number of para-hydroxylation sites is 4. The summed E-state index contributed by atoms with van der Waals surface area (Å²) in [6, 6.07) is 62.6. The zero-order valence-electron chi connectivity index (χ0n) is 27.6. The van der Waals surface area contributed by atoms with Gasteiger partial charge in [-0.3, -0.25) is 4.98 Å². The van der Waals surface area contributed by atoms with Crippen LogP contribution in [-0.2, 0) is 0 Å². The molecule has 0 N–H and O–H groups in total. The maximum atomic E-state index is 6.33. The fourth-order valence-corrected chi connectivity index (χ4v) is 7.53. The molecule has 0 aliphatic rings. The number of benzene rings is 7. The van der Waals surface area contributed by atoms with Crippen molar-refractivity contribution in [3.05, 3.63) is 188 Å². The average molecular weight is 654 g/mol. The summed E-state index contributed by atoms with van der Waals surface area (Å²) in [4.78, 5) is 6.64. The number of aromatic nitrogens is 2. The van der Waals surface area contributed by atoms with Gasteiger partial charge >= 0.3 is 0 Å². The van der Waals surface area contributed by atoms with Gasteiger partial charge in [-0.1, -0.05) is 109 Å². The second-order valence-electron chi connectivity index (χ2n) is 12.8. The van der Waals surface area contributed by atoms with Gasteiger partial charge in [0.15, 0.2) is 0 Å². The topological polar surface area (TPSA) is 34.2 Å². The highest BCUT2D eigenvalue weighted by molar-refractivity contribution is 6.10. The Bertz CT molecular complexity index is 2810. The molecule has 0 spiro atoms. The summed E-state index contributed by atoms with van der Waals surface area (Å²) >= 11 is 0. The number of pyridine rings is 1. The van der Waals surface area contributed by atoms with Crippen LogP contribution in [0.4, 0.5) is 17.1 Å². The van der Waals surface area contributed by atoms with Crippen LogP contribution in [0.15, 0.2) is 193 Å². The molecular formula is C47H31N3O. The normalized spacial score (nSPS) is 11.5. The van der Waals surface area contributed by atoms with Crippen LogP contribution < -0.4 is 4.90 Å². The Kier molecular flexibility index (Phi) is 6.78. The van der Waals surface area contributed by atoms with E-state index in [2.05, 4.69) is 184 Å². The first-order valence-electron chi connectivity index (χ1n) is 17.2. The molecule has 0 fully saturated rings. The lowest BCUT2D eigenvalue weighted by molar-refractivity contribution is 0.669. The second kappa shape index (κ2) is 11.9. The van der Waals surface area contributed by atoms with Gasteiger partial charge in [-0.2, -0.15) is 0 Å². The van der Waals surface area contributed by atoms with Crippen LogP contribution in [0.1, 0.15) is 0 Å². The molecule has 10 rings (SSSR count). The lowest BCUT2D eigenvalue weighted by atomic mass is 10.0. The van der Waals surface area contributed by atoms with E-state index in [0.29, 0.717) is 0 Å². The molecule has 0 saturated carbocycles. The lowest BCUT2D eigenvalue weighted by Crippen LogP contribution is -2.09. The Morgan fingerprint density at radius 2 is 1.08 bits per heavy atom. The van der Waals surface area contributed by atoms with E-state index in [0.717, 1.165) is 66.9 Å². The van der Waals surface area contributed by atoms with Gasteiger partial charge in [0.1, 0.15) is 11.2 Å². The van der Waals surface area contributed by atoms with E-state index in [1.165, 1.54) is 21.8 Å².